The SMILES string of the molecule is CCCCc1nc(-c2ncc(-c3ccccc3)[nH]2)cc2c1[nH]c1ccccc12. The standard InChI is InChI=1S/C24H22N4/c1-2-3-12-20-23-18(17-11-7-8-13-19(17)27-23)14-21(26-20)24-25-15-22(28-24)16-9-5-4-6-10-16/h4-11,13-15,27H,2-3,12H2,1H3,(H,25,28). The number of aryl methyl sites for hydroxylation is 1. The number of fused-ring (bicyclic) bond motifs is 3. The molecule has 28 heavy (non-hydrogen) atoms. The molecule has 4 nitrogen and oxygen atoms in total. The highest BCUT2D eigenvalue weighted by Crippen LogP contribution is 2.31. The van der Waals surface area contributed by atoms with Crippen LogP contribution in [0.4, 0.5) is 0 Å². The van der Waals surface area contributed by atoms with Crippen LogP contribution in [-0.2, 0) is 6.42 Å². The van der Waals surface area contributed by atoms with Crippen LogP contribution in [0.2, 0.25) is 0 Å². The summed E-state index contributed by atoms with van der Waals surface area (Å²) >= 11 is 0. The molecule has 0 amide bonds. The zero-order valence-corrected chi connectivity index (χ0v) is 15.9. The Balaban J connectivity index is 1.67. The minimum absolute atomic E-state index is 0.809. The van der Waals surface area contributed by atoms with Crippen LogP contribution < -0.4 is 0 Å². The Bertz CT molecular complexity index is 1250. The Morgan fingerprint density at radius 2 is 1.71 bits per heavy atom. The summed E-state index contributed by atoms with van der Waals surface area (Å²) in [6.07, 6.45) is 5.11. The molecule has 3 heterocycles. The maximum absolute atomic E-state index is 4.99. The Hall–Kier alpha value is -3.40. The van der Waals surface area contributed by atoms with Gasteiger partial charge in [0.2, 0.25) is 0 Å². The van der Waals surface area contributed by atoms with Crippen LogP contribution in [0.15, 0.2) is 66.9 Å². The molecular weight excluding hydrogens is 344 g/mol. The number of aromatic nitrogens is 4. The molecule has 2 N–H and O–H groups in total. The Labute approximate surface area is 163 Å². The van der Waals surface area contributed by atoms with E-state index in [0.29, 0.717) is 0 Å². The number of hydrogen-bond donors (Lipinski definition) is 2. The lowest BCUT2D eigenvalue weighted by atomic mass is 10.1. The molecule has 0 aliphatic carbocycles. The summed E-state index contributed by atoms with van der Waals surface area (Å²) < 4.78 is 0. The molecule has 0 radical (unpaired) electrons. The smallest absolute Gasteiger partial charge is 0.156 e. The van der Waals surface area contributed by atoms with E-state index in [1.54, 1.807) is 0 Å². The quantitative estimate of drug-likeness (QED) is 0.394. The van der Waals surface area contributed by atoms with E-state index in [9.17, 15) is 0 Å². The molecule has 0 spiro atoms. The Kier molecular flexibility index (Phi) is 4.17. The predicted molar refractivity (Wildman–Crippen MR) is 115 cm³/mol. The van der Waals surface area contributed by atoms with Crippen molar-refractivity contribution in [2.24, 2.45) is 0 Å². The van der Waals surface area contributed by atoms with Gasteiger partial charge in [0.15, 0.2) is 5.82 Å². The van der Waals surface area contributed by atoms with Gasteiger partial charge in [-0.25, -0.2) is 9.97 Å². The molecule has 0 bridgehead atoms. The minimum atomic E-state index is 0.809. The van der Waals surface area contributed by atoms with Crippen LogP contribution in [0.1, 0.15) is 25.5 Å². The van der Waals surface area contributed by atoms with E-state index in [0.717, 1.165) is 58.8 Å². The summed E-state index contributed by atoms with van der Waals surface area (Å²) in [4.78, 5) is 16.6. The molecule has 3 aromatic heterocycles. The van der Waals surface area contributed by atoms with Crippen LogP contribution in [0.3, 0.4) is 0 Å². The number of nitrogens with one attached hydrogen (secondary N) is 2. The van der Waals surface area contributed by atoms with Crippen molar-refractivity contribution in [3.63, 3.8) is 0 Å². The van der Waals surface area contributed by atoms with Gasteiger partial charge < -0.3 is 9.97 Å². The molecule has 5 aromatic rings. The summed E-state index contributed by atoms with van der Waals surface area (Å²) in [5, 5.41) is 2.44. The normalized spacial score (nSPS) is 11.5. The van der Waals surface area contributed by atoms with Crippen molar-refractivity contribution >= 4 is 21.8 Å². The summed E-state index contributed by atoms with van der Waals surface area (Å²) in [5.74, 6) is 0.809. The van der Waals surface area contributed by atoms with E-state index in [1.807, 2.05) is 24.4 Å². The molecule has 0 saturated carbocycles. The van der Waals surface area contributed by atoms with Gasteiger partial charge in [0, 0.05) is 16.3 Å². The molecule has 4 heteroatoms. The lowest BCUT2D eigenvalue weighted by molar-refractivity contribution is 0.781. The van der Waals surface area contributed by atoms with E-state index in [1.165, 1.54) is 10.8 Å². The van der Waals surface area contributed by atoms with Crippen LogP contribution >= 0.6 is 0 Å². The third-order valence-electron chi connectivity index (χ3n) is 5.24. The van der Waals surface area contributed by atoms with E-state index >= 15 is 0 Å². The number of benzene rings is 2. The highest BCUT2D eigenvalue weighted by Gasteiger charge is 2.14. The molecule has 0 fully saturated rings. The maximum atomic E-state index is 4.99. The number of unbranched alkanes of at least 4 members (excludes halogenated alkanes) is 1. The van der Waals surface area contributed by atoms with Gasteiger partial charge in [-0.2, -0.15) is 0 Å². The molecule has 5 rings (SSSR count). The number of H-pyrrole nitrogens is 2. The minimum Gasteiger partial charge on any atom is -0.353 e. The first-order chi connectivity index (χ1) is 13.8. The molecule has 0 saturated heterocycles. The fourth-order valence-corrected chi connectivity index (χ4v) is 3.77. The van der Waals surface area contributed by atoms with Gasteiger partial charge in [0.1, 0.15) is 5.69 Å². The molecule has 0 aliphatic rings. The van der Waals surface area contributed by atoms with E-state index in [4.69, 9.17) is 4.98 Å². The van der Waals surface area contributed by atoms with E-state index < -0.39 is 0 Å². The molecular formula is C24H22N4. The first kappa shape index (κ1) is 16.8. The maximum Gasteiger partial charge on any atom is 0.156 e. The van der Waals surface area contributed by atoms with Crippen molar-refractivity contribution in [3.05, 3.63) is 72.6 Å². The van der Waals surface area contributed by atoms with Gasteiger partial charge in [-0.1, -0.05) is 61.9 Å². The second-order valence-corrected chi connectivity index (χ2v) is 7.16. The lowest BCUT2D eigenvalue weighted by Gasteiger charge is -2.05. The second-order valence-electron chi connectivity index (χ2n) is 7.16. The van der Waals surface area contributed by atoms with Crippen LogP contribution in [0.25, 0.3) is 44.6 Å². The monoisotopic (exact) mass is 366 g/mol. The Morgan fingerprint density at radius 3 is 2.57 bits per heavy atom. The van der Waals surface area contributed by atoms with Crippen LogP contribution in [-0.4, -0.2) is 19.9 Å². The fourth-order valence-electron chi connectivity index (χ4n) is 3.77. The van der Waals surface area contributed by atoms with E-state index in [-0.39, 0.29) is 0 Å². The third-order valence-corrected chi connectivity index (χ3v) is 5.24. The number of rotatable bonds is 5. The average molecular weight is 366 g/mol. The van der Waals surface area contributed by atoms with Crippen LogP contribution in [0, 0.1) is 0 Å². The second kappa shape index (κ2) is 6.97. The number of aromatic amines is 2. The zero-order chi connectivity index (χ0) is 18.9. The fraction of sp³-hybridized carbons (Fsp3) is 0.167. The van der Waals surface area contributed by atoms with Gasteiger partial charge in [0.05, 0.1) is 23.1 Å². The van der Waals surface area contributed by atoms with Crippen LogP contribution in [0.5, 0.6) is 0 Å². The van der Waals surface area contributed by atoms with Crippen molar-refractivity contribution in [1.29, 1.82) is 0 Å². The van der Waals surface area contributed by atoms with Crippen molar-refractivity contribution in [1.82, 2.24) is 19.9 Å². The number of pyridine rings is 1. The molecule has 0 atom stereocenters. The first-order valence-electron chi connectivity index (χ1n) is 9.84. The number of imidazole rings is 1. The summed E-state index contributed by atoms with van der Waals surface area (Å²) in [6.45, 7) is 2.21. The number of hydrogen-bond acceptors (Lipinski definition) is 2. The van der Waals surface area contributed by atoms with Gasteiger partial charge in [-0.3, -0.25) is 0 Å². The van der Waals surface area contributed by atoms with E-state index in [2.05, 4.69) is 64.3 Å². The van der Waals surface area contributed by atoms with Crippen molar-refractivity contribution in [2.75, 3.05) is 0 Å². The molecule has 2 aromatic carbocycles. The largest absolute Gasteiger partial charge is 0.353 e. The molecule has 0 aliphatic heterocycles. The summed E-state index contributed by atoms with van der Waals surface area (Å²) in [6, 6.07) is 20.9. The highest BCUT2D eigenvalue weighted by atomic mass is 14.9. The molecule has 138 valence electrons. The number of para-hydroxylation sites is 1. The average Bonchev–Trinajstić information content (AvgIpc) is 3.38. The molecule has 0 unspecified atom stereocenters. The van der Waals surface area contributed by atoms with Crippen molar-refractivity contribution in [3.8, 4) is 22.8 Å². The first-order valence-corrected chi connectivity index (χ1v) is 9.84. The van der Waals surface area contributed by atoms with Gasteiger partial charge >= 0.3 is 0 Å². The topological polar surface area (TPSA) is 57.4 Å². The predicted octanol–water partition coefficient (Wildman–Crippen LogP) is 6.12. The van der Waals surface area contributed by atoms with Gasteiger partial charge in [-0.15, -0.1) is 0 Å². The van der Waals surface area contributed by atoms with Gasteiger partial charge in [0.25, 0.3) is 0 Å². The van der Waals surface area contributed by atoms with Gasteiger partial charge in [-0.05, 0) is 30.5 Å². The third kappa shape index (κ3) is 2.87. The highest BCUT2D eigenvalue weighted by molar-refractivity contribution is 6.08. The zero-order valence-electron chi connectivity index (χ0n) is 15.9. The number of nitrogens with zero attached hydrogens (tertiary/aromatic N) is 2. The summed E-state index contributed by atoms with van der Waals surface area (Å²) in [5.41, 5.74) is 6.44. The van der Waals surface area contributed by atoms with Crippen molar-refractivity contribution in [2.45, 2.75) is 26.2 Å². The Morgan fingerprint density at radius 1 is 0.893 bits per heavy atom. The lowest BCUT2D eigenvalue weighted by Crippen LogP contribution is -1.96. The summed E-state index contributed by atoms with van der Waals surface area (Å²) in [7, 11) is 0. The van der Waals surface area contributed by atoms with Crippen molar-refractivity contribution < 1.29 is 0 Å².